The third-order valence-corrected chi connectivity index (χ3v) is 7.16. The molecule has 3 heterocycles. The summed E-state index contributed by atoms with van der Waals surface area (Å²) in [6.07, 6.45) is 3.43. The first-order chi connectivity index (χ1) is 24.1. The number of carbonyl (C=O) groups excluding carboxylic acids is 1. The van der Waals surface area contributed by atoms with Crippen LogP contribution in [0.25, 0.3) is 32.6 Å². The van der Waals surface area contributed by atoms with Crippen LogP contribution in [0, 0.1) is 4.91 Å². The summed E-state index contributed by atoms with van der Waals surface area (Å²) in [5.74, 6) is 1.55. The number of rotatable bonds is 10. The number of carbonyl (C=O) groups is 1. The summed E-state index contributed by atoms with van der Waals surface area (Å²) in [6.45, 7) is 21.1. The monoisotopic (exact) mass is 695 g/mol. The number of methoxy groups -OCH3 is 1. The Morgan fingerprint density at radius 2 is 1.56 bits per heavy atom. The van der Waals surface area contributed by atoms with Gasteiger partial charge in [0.15, 0.2) is 23.0 Å². The second-order valence-electron chi connectivity index (χ2n) is 10.9. The van der Waals surface area contributed by atoms with Crippen LogP contribution in [0.2, 0.25) is 0 Å². The Balaban J connectivity index is 0.000000919. The smallest absolute Gasteiger partial charge is 0.415 e. The molecular formula is C38H57N5O7. The Bertz CT molecular complexity index is 1770. The van der Waals surface area contributed by atoms with Crippen LogP contribution < -0.4 is 24.5 Å². The van der Waals surface area contributed by atoms with Crippen molar-refractivity contribution in [3.05, 3.63) is 57.9 Å². The third-order valence-electron chi connectivity index (χ3n) is 7.16. The second kappa shape index (κ2) is 22.1. The predicted molar refractivity (Wildman–Crippen MR) is 205 cm³/mol. The molecule has 1 aliphatic heterocycles. The molecule has 0 aliphatic carbocycles. The van der Waals surface area contributed by atoms with Crippen molar-refractivity contribution in [2.24, 2.45) is 5.18 Å². The van der Waals surface area contributed by atoms with E-state index in [9.17, 15) is 14.5 Å². The summed E-state index contributed by atoms with van der Waals surface area (Å²) in [5.41, 5.74) is 2.42. The van der Waals surface area contributed by atoms with Crippen LogP contribution in [0.1, 0.15) is 68.2 Å². The first-order valence-electron chi connectivity index (χ1n) is 17.4. The molecule has 276 valence electrons. The van der Waals surface area contributed by atoms with Gasteiger partial charge in [0.25, 0.3) is 5.56 Å². The molecule has 0 radical (unpaired) electrons. The van der Waals surface area contributed by atoms with E-state index in [2.05, 4.69) is 30.6 Å². The Hall–Kier alpha value is -4.71. The van der Waals surface area contributed by atoms with Crippen molar-refractivity contribution < 1.29 is 23.7 Å². The molecule has 0 N–H and O–H groups in total. The highest BCUT2D eigenvalue weighted by molar-refractivity contribution is 6.15. The van der Waals surface area contributed by atoms with Crippen molar-refractivity contribution in [3.8, 4) is 23.0 Å². The maximum atomic E-state index is 14.0. The number of nitrogens with zero attached hydrogens (tertiary/aromatic N) is 5. The van der Waals surface area contributed by atoms with Gasteiger partial charge in [-0.1, -0.05) is 65.6 Å². The van der Waals surface area contributed by atoms with Gasteiger partial charge in [-0.15, -0.1) is 6.58 Å². The average molecular weight is 696 g/mol. The lowest BCUT2D eigenvalue weighted by molar-refractivity contribution is 0.162. The lowest BCUT2D eigenvalue weighted by Gasteiger charge is -2.19. The zero-order chi connectivity index (χ0) is 38.0. The number of amides is 1. The minimum absolute atomic E-state index is 0.0651. The van der Waals surface area contributed by atoms with Gasteiger partial charge in [0.05, 0.1) is 30.1 Å². The van der Waals surface area contributed by atoms with Crippen LogP contribution in [0.4, 0.5) is 4.79 Å². The highest BCUT2D eigenvalue weighted by Crippen LogP contribution is 2.40. The molecule has 0 atom stereocenters. The Morgan fingerprint density at radius 1 is 0.940 bits per heavy atom. The van der Waals surface area contributed by atoms with E-state index in [0.717, 1.165) is 10.8 Å². The van der Waals surface area contributed by atoms with E-state index in [1.165, 1.54) is 43.5 Å². The van der Waals surface area contributed by atoms with Crippen molar-refractivity contribution in [2.45, 2.75) is 74.8 Å². The summed E-state index contributed by atoms with van der Waals surface area (Å²) in [5, 5.41) is 5.20. The van der Waals surface area contributed by atoms with Gasteiger partial charge >= 0.3 is 6.09 Å². The number of aromatic nitrogens is 2. The molecule has 0 unspecified atom stereocenters. The molecule has 1 aliphatic rings. The van der Waals surface area contributed by atoms with E-state index in [1.54, 1.807) is 16.8 Å². The fraction of sp³-hybridized carbons (Fsp3) is 0.500. The molecule has 0 bridgehead atoms. The van der Waals surface area contributed by atoms with Gasteiger partial charge in [0, 0.05) is 55.1 Å². The van der Waals surface area contributed by atoms with Crippen molar-refractivity contribution in [1.29, 1.82) is 0 Å². The zero-order valence-corrected chi connectivity index (χ0v) is 32.1. The summed E-state index contributed by atoms with van der Waals surface area (Å²) in [7, 11) is 6.81. The number of nitroso groups, excluding NO2 is 1. The van der Waals surface area contributed by atoms with Gasteiger partial charge in [0.1, 0.15) is 0 Å². The summed E-state index contributed by atoms with van der Waals surface area (Å²) in [6, 6.07) is 6.84. The number of fused-ring (bicyclic) bond motifs is 6. The van der Waals surface area contributed by atoms with Crippen molar-refractivity contribution in [1.82, 2.24) is 19.4 Å². The van der Waals surface area contributed by atoms with E-state index < -0.39 is 6.09 Å². The molecule has 0 fully saturated rings. The molecule has 12 nitrogen and oxygen atoms in total. The normalized spacial score (nSPS) is 10.8. The summed E-state index contributed by atoms with van der Waals surface area (Å²) in [4.78, 5) is 44.9. The van der Waals surface area contributed by atoms with Gasteiger partial charge in [-0.2, -0.15) is 4.91 Å². The molecule has 0 spiro atoms. The van der Waals surface area contributed by atoms with Gasteiger partial charge in [-0.05, 0) is 45.6 Å². The van der Waals surface area contributed by atoms with Crippen LogP contribution in [-0.2, 0) is 6.54 Å². The molecule has 12 heteroatoms. The number of ether oxygens (including phenoxy) is 4. The molecular weight excluding hydrogens is 638 g/mol. The van der Waals surface area contributed by atoms with E-state index >= 15 is 0 Å². The number of likely N-dealkylation sites (N-methyl/N-ethyl adjacent to an activating group) is 2. The Kier molecular flexibility index (Phi) is 19.1. The van der Waals surface area contributed by atoms with E-state index in [0.29, 0.717) is 46.4 Å². The largest absolute Gasteiger partial charge is 0.493 e. The van der Waals surface area contributed by atoms with Crippen LogP contribution in [0.15, 0.2) is 52.6 Å². The first-order valence-corrected chi connectivity index (χ1v) is 17.4. The van der Waals surface area contributed by atoms with Crippen molar-refractivity contribution in [2.75, 3.05) is 54.7 Å². The predicted octanol–water partition coefficient (Wildman–Crippen LogP) is 8.64. The van der Waals surface area contributed by atoms with Gasteiger partial charge in [-0.25, -0.2) is 4.79 Å². The second-order valence-corrected chi connectivity index (χ2v) is 10.9. The van der Waals surface area contributed by atoms with Gasteiger partial charge in [-0.3, -0.25) is 9.78 Å². The molecule has 0 saturated heterocycles. The topological polar surface area (TPSA) is 125 Å². The van der Waals surface area contributed by atoms with Gasteiger partial charge < -0.3 is 33.3 Å². The highest BCUT2D eigenvalue weighted by Gasteiger charge is 2.22. The van der Waals surface area contributed by atoms with Crippen LogP contribution in [0.3, 0.4) is 0 Å². The molecule has 5 rings (SSSR count). The maximum Gasteiger partial charge on any atom is 0.415 e. The highest BCUT2D eigenvalue weighted by atomic mass is 16.7. The fourth-order valence-electron chi connectivity index (χ4n) is 4.90. The number of hydrogen-bond acceptors (Lipinski definition) is 10. The molecule has 0 saturated carbocycles. The molecule has 2 aromatic carbocycles. The molecule has 4 aromatic rings. The summed E-state index contributed by atoms with van der Waals surface area (Å²) < 4.78 is 23.9. The lowest BCUT2D eigenvalue weighted by Crippen LogP contribution is -2.32. The molecule has 50 heavy (non-hydrogen) atoms. The van der Waals surface area contributed by atoms with Gasteiger partial charge in [0.2, 0.25) is 6.79 Å². The van der Waals surface area contributed by atoms with E-state index in [4.69, 9.17) is 18.9 Å². The fourth-order valence-corrected chi connectivity index (χ4v) is 4.90. The quantitative estimate of drug-likeness (QED) is 0.0911. The van der Waals surface area contributed by atoms with Crippen LogP contribution in [-0.4, -0.2) is 80.1 Å². The van der Waals surface area contributed by atoms with Crippen LogP contribution >= 0.6 is 0 Å². The minimum Gasteiger partial charge on any atom is -0.493 e. The number of benzene rings is 2. The standard InChI is InChI=1S/C26H27N5O7.C6H12.3C2H6/c1-29(2)7-8-31-24-17-11-21-22(37-14-36-21)12-19(17)27-13-18(24)15-9-20(35-4)23(10-16(15)25(31)32)38-26(33)30(3)6-5-28-34;1-4-5-6(2)3;3*1-2/h9-13H,5-8,14H2,1-4H3;2,4-5H2,1,3H3;3*1-2H3. The number of allylic oxidation sites excluding steroid dienone is 1. The maximum absolute atomic E-state index is 14.0. The number of pyridine rings is 2. The third kappa shape index (κ3) is 10.9. The Morgan fingerprint density at radius 3 is 2.10 bits per heavy atom. The van der Waals surface area contributed by atoms with E-state index in [1.807, 2.05) is 72.7 Å². The molecule has 1 amide bonds. The lowest BCUT2D eigenvalue weighted by atomic mass is 10.0. The SMILES string of the molecule is C=C(C)CCC.CC.CC.CC.COc1cc2c(cc1OC(=O)N(C)CCN=O)c(=O)n(CCN(C)C)c1c3cc4c(cc3ncc21)OCO4. The zero-order valence-electron chi connectivity index (χ0n) is 32.1. The first kappa shape index (κ1) is 43.3. The van der Waals surface area contributed by atoms with Crippen molar-refractivity contribution in [3.63, 3.8) is 0 Å². The van der Waals surface area contributed by atoms with E-state index in [-0.39, 0.29) is 36.9 Å². The summed E-state index contributed by atoms with van der Waals surface area (Å²) >= 11 is 0. The Labute approximate surface area is 296 Å². The van der Waals surface area contributed by atoms with Crippen molar-refractivity contribution >= 4 is 38.7 Å². The number of hydrogen-bond donors (Lipinski definition) is 0. The van der Waals surface area contributed by atoms with Crippen LogP contribution in [0.5, 0.6) is 23.0 Å². The molecule has 2 aromatic heterocycles. The minimum atomic E-state index is -0.705. The average Bonchev–Trinajstić information content (AvgIpc) is 3.59.